The molecule has 0 N–H and O–H groups in total. The van der Waals surface area contributed by atoms with Crippen LogP contribution >= 0.6 is 11.6 Å². The average molecular weight is 390 g/mol. The molecule has 0 fully saturated rings. The van der Waals surface area contributed by atoms with Gasteiger partial charge in [0.15, 0.2) is 5.65 Å². The molecule has 2 aromatic heterocycles. The minimum Gasteiger partial charge on any atom is -0.309 e. The van der Waals surface area contributed by atoms with E-state index in [1.807, 2.05) is 0 Å². The third-order valence-corrected chi connectivity index (χ3v) is 5.27. The largest absolute Gasteiger partial charge is 0.309 e. The van der Waals surface area contributed by atoms with E-state index >= 15 is 0 Å². The molecule has 1 aliphatic rings. The van der Waals surface area contributed by atoms with E-state index in [0.29, 0.717) is 41.7 Å². The van der Waals surface area contributed by atoms with Crippen LogP contribution in [0.5, 0.6) is 0 Å². The minimum absolute atomic E-state index is 0.178. The van der Waals surface area contributed by atoms with Crippen molar-refractivity contribution in [1.82, 2.24) is 19.3 Å². The zero-order valence-corrected chi connectivity index (χ0v) is 15.6. The fourth-order valence-corrected chi connectivity index (χ4v) is 3.85. The molecule has 0 spiro atoms. The van der Waals surface area contributed by atoms with E-state index in [4.69, 9.17) is 11.6 Å². The molecule has 1 amide bonds. The summed E-state index contributed by atoms with van der Waals surface area (Å²) >= 11 is 6.25. The number of fused-ring (bicyclic) bond motifs is 2. The van der Waals surface area contributed by atoms with E-state index in [0.717, 1.165) is 5.56 Å². The van der Waals surface area contributed by atoms with Crippen molar-refractivity contribution in [3.63, 3.8) is 0 Å². The summed E-state index contributed by atoms with van der Waals surface area (Å²) < 4.78 is 16.8. The van der Waals surface area contributed by atoms with E-state index in [9.17, 15) is 14.0 Å². The molecule has 9 heteroatoms. The lowest BCUT2D eigenvalue weighted by Crippen LogP contribution is -2.40. The van der Waals surface area contributed by atoms with Gasteiger partial charge in [-0.05, 0) is 37.0 Å². The number of carbonyl (C=O) groups is 1. The van der Waals surface area contributed by atoms with Gasteiger partial charge in [-0.1, -0.05) is 11.6 Å². The smallest absolute Gasteiger partial charge is 0.264 e. The first-order valence-corrected chi connectivity index (χ1v) is 8.91. The Hall–Kier alpha value is -2.74. The highest BCUT2D eigenvalue weighted by molar-refractivity contribution is 6.34. The molecule has 0 bridgehead atoms. The summed E-state index contributed by atoms with van der Waals surface area (Å²) in [5.41, 5.74) is 1.91. The van der Waals surface area contributed by atoms with Crippen molar-refractivity contribution < 1.29 is 9.18 Å². The second kappa shape index (κ2) is 6.45. The second-order valence-corrected chi connectivity index (χ2v) is 7.03. The van der Waals surface area contributed by atoms with E-state index in [1.165, 1.54) is 32.7 Å². The Balaban J connectivity index is 1.71. The fraction of sp³-hybridized carbons (Fsp3) is 0.333. The van der Waals surface area contributed by atoms with E-state index < -0.39 is 0 Å². The molecular weight excluding hydrogens is 373 g/mol. The normalized spacial score (nSPS) is 13.9. The van der Waals surface area contributed by atoms with E-state index in [-0.39, 0.29) is 28.9 Å². The van der Waals surface area contributed by atoms with Crippen LogP contribution in [0.4, 0.5) is 10.1 Å². The summed E-state index contributed by atoms with van der Waals surface area (Å²) in [7, 11) is 1.69. The van der Waals surface area contributed by atoms with Gasteiger partial charge in [0.25, 0.3) is 5.56 Å². The summed E-state index contributed by atoms with van der Waals surface area (Å²) in [6.45, 7) is 1.97. The summed E-state index contributed by atoms with van der Waals surface area (Å²) in [5, 5.41) is 4.57. The number of amides is 1. The fourth-order valence-electron chi connectivity index (χ4n) is 3.54. The zero-order valence-electron chi connectivity index (χ0n) is 14.9. The van der Waals surface area contributed by atoms with Crippen molar-refractivity contribution in [2.24, 2.45) is 7.05 Å². The first-order valence-electron chi connectivity index (χ1n) is 8.53. The number of halogens is 2. The van der Waals surface area contributed by atoms with Crippen LogP contribution in [0.3, 0.4) is 0 Å². The van der Waals surface area contributed by atoms with Crippen LogP contribution in [0.1, 0.15) is 17.5 Å². The number of hydrogen-bond donors (Lipinski definition) is 0. The van der Waals surface area contributed by atoms with Gasteiger partial charge in [-0.3, -0.25) is 18.8 Å². The van der Waals surface area contributed by atoms with Gasteiger partial charge in [0.2, 0.25) is 5.91 Å². The van der Waals surface area contributed by atoms with Crippen LogP contribution in [0.2, 0.25) is 5.02 Å². The van der Waals surface area contributed by atoms with Crippen molar-refractivity contribution in [1.29, 1.82) is 0 Å². The SMILES string of the molecule is Cc1c(F)cc(Cl)c2c1CCCN2C(=O)Cn1cnc2c(cnn2C)c1=O. The molecule has 140 valence electrons. The van der Waals surface area contributed by atoms with Gasteiger partial charge in [0.1, 0.15) is 24.1 Å². The third kappa shape index (κ3) is 2.80. The molecule has 0 atom stereocenters. The Morgan fingerprint density at radius 1 is 1.41 bits per heavy atom. The van der Waals surface area contributed by atoms with Crippen LogP contribution in [0, 0.1) is 12.7 Å². The standard InChI is InChI=1S/C18H17ClFN5O2/c1-10-11-4-3-5-25(16(11)13(19)6-14(10)20)15(26)8-24-9-21-17-12(18(24)27)7-22-23(17)2/h6-7,9H,3-5,8H2,1-2H3. The van der Waals surface area contributed by atoms with Crippen molar-refractivity contribution >= 4 is 34.2 Å². The molecule has 0 saturated heterocycles. The van der Waals surface area contributed by atoms with Crippen molar-refractivity contribution in [3.05, 3.63) is 50.9 Å². The monoisotopic (exact) mass is 389 g/mol. The number of aryl methyl sites for hydroxylation is 1. The summed E-state index contributed by atoms with van der Waals surface area (Å²) in [6, 6.07) is 1.23. The predicted molar refractivity (Wildman–Crippen MR) is 99.6 cm³/mol. The molecule has 1 aliphatic heterocycles. The highest BCUT2D eigenvalue weighted by atomic mass is 35.5. The van der Waals surface area contributed by atoms with Crippen LogP contribution in [0.25, 0.3) is 11.0 Å². The number of rotatable bonds is 2. The van der Waals surface area contributed by atoms with Crippen LogP contribution in [0.15, 0.2) is 23.4 Å². The van der Waals surface area contributed by atoms with E-state index in [1.54, 1.807) is 14.0 Å². The van der Waals surface area contributed by atoms with Gasteiger partial charge >= 0.3 is 0 Å². The van der Waals surface area contributed by atoms with Crippen LogP contribution in [-0.4, -0.2) is 31.8 Å². The molecule has 0 radical (unpaired) electrons. The van der Waals surface area contributed by atoms with Gasteiger partial charge in [-0.2, -0.15) is 5.10 Å². The number of carbonyl (C=O) groups excluding carboxylic acids is 1. The molecule has 0 unspecified atom stereocenters. The molecule has 3 aromatic rings. The number of hydrogen-bond acceptors (Lipinski definition) is 4. The lowest BCUT2D eigenvalue weighted by molar-refractivity contribution is -0.119. The van der Waals surface area contributed by atoms with Gasteiger partial charge in [0.05, 0.1) is 16.9 Å². The van der Waals surface area contributed by atoms with Gasteiger partial charge < -0.3 is 4.90 Å². The van der Waals surface area contributed by atoms with Gasteiger partial charge in [-0.15, -0.1) is 0 Å². The maximum atomic E-state index is 14.0. The van der Waals surface area contributed by atoms with E-state index in [2.05, 4.69) is 10.1 Å². The minimum atomic E-state index is -0.379. The molecule has 0 aliphatic carbocycles. The first-order chi connectivity index (χ1) is 12.9. The Kier molecular flexibility index (Phi) is 4.22. The first kappa shape index (κ1) is 17.7. The lowest BCUT2D eigenvalue weighted by Gasteiger charge is -2.31. The average Bonchev–Trinajstić information content (AvgIpc) is 3.03. The van der Waals surface area contributed by atoms with Gasteiger partial charge in [0, 0.05) is 13.6 Å². The number of anilines is 1. The van der Waals surface area contributed by atoms with Gasteiger partial charge in [-0.25, -0.2) is 9.37 Å². The Morgan fingerprint density at radius 3 is 2.96 bits per heavy atom. The zero-order chi connectivity index (χ0) is 19.3. The molecule has 0 saturated carbocycles. The molecule has 27 heavy (non-hydrogen) atoms. The third-order valence-electron chi connectivity index (χ3n) is 4.98. The maximum Gasteiger partial charge on any atom is 0.264 e. The van der Waals surface area contributed by atoms with Crippen LogP contribution in [-0.2, 0) is 24.8 Å². The molecule has 7 nitrogen and oxygen atoms in total. The molecular formula is C18H17ClFN5O2. The lowest BCUT2D eigenvalue weighted by atomic mass is 9.96. The summed E-state index contributed by atoms with van der Waals surface area (Å²) in [5.74, 6) is -0.675. The Morgan fingerprint density at radius 2 is 2.19 bits per heavy atom. The predicted octanol–water partition coefficient (Wildman–Crippen LogP) is 2.21. The highest BCUT2D eigenvalue weighted by Crippen LogP contribution is 2.37. The van der Waals surface area contributed by atoms with Crippen molar-refractivity contribution in [2.75, 3.05) is 11.4 Å². The highest BCUT2D eigenvalue weighted by Gasteiger charge is 2.28. The molecule has 4 rings (SSSR count). The van der Waals surface area contributed by atoms with Crippen LogP contribution < -0.4 is 10.5 Å². The van der Waals surface area contributed by atoms with Crippen molar-refractivity contribution in [2.45, 2.75) is 26.3 Å². The Bertz CT molecular complexity index is 1140. The quantitative estimate of drug-likeness (QED) is 0.673. The summed E-state index contributed by atoms with van der Waals surface area (Å²) in [6.07, 6.45) is 4.14. The second-order valence-electron chi connectivity index (χ2n) is 6.62. The van der Waals surface area contributed by atoms with Crippen molar-refractivity contribution in [3.8, 4) is 0 Å². The maximum absolute atomic E-state index is 14.0. The number of aromatic nitrogens is 4. The summed E-state index contributed by atoms with van der Waals surface area (Å²) in [4.78, 5) is 31.3. The molecule has 1 aromatic carbocycles. The molecule has 3 heterocycles. The number of benzene rings is 1. The number of nitrogens with zero attached hydrogens (tertiary/aromatic N) is 5. The topological polar surface area (TPSA) is 73.0 Å². The Labute approximate surface area is 159 Å².